The van der Waals surface area contributed by atoms with Crippen LogP contribution in [-0.2, 0) is 16.1 Å². The van der Waals surface area contributed by atoms with Gasteiger partial charge in [0.05, 0.1) is 0 Å². The largest absolute Gasteiger partial charge is 0.427 e. The van der Waals surface area contributed by atoms with Gasteiger partial charge in [0.15, 0.2) is 0 Å². The number of hydrogen-bond donors (Lipinski definition) is 2. The fourth-order valence-corrected chi connectivity index (χ4v) is 2.61. The number of allylic oxidation sites excluding steroid dienone is 1. The molecule has 2 N–H and O–H groups in total. The standard InChI is InChI=1S/C22H22N2O4/c1-15(25)28-19-7-4-6-17(13-19)22(27)24-20-8-3-2-5-18(20)14-23-21(26)12-11-16-9-10-16/h2-8,11-13,16H,9-10,14H2,1H3,(H,23,26)(H,24,27)/b12-11+. The van der Waals surface area contributed by atoms with Gasteiger partial charge in [0.25, 0.3) is 5.91 Å². The minimum Gasteiger partial charge on any atom is -0.427 e. The zero-order valence-corrected chi connectivity index (χ0v) is 15.6. The van der Waals surface area contributed by atoms with Crippen molar-refractivity contribution >= 4 is 23.5 Å². The molecule has 0 heterocycles. The number of rotatable bonds is 7. The summed E-state index contributed by atoms with van der Waals surface area (Å²) in [5.74, 6) is -0.0823. The Morgan fingerprint density at radius 3 is 2.64 bits per heavy atom. The first-order valence-electron chi connectivity index (χ1n) is 9.15. The van der Waals surface area contributed by atoms with Crippen LogP contribution < -0.4 is 15.4 Å². The molecule has 1 fully saturated rings. The van der Waals surface area contributed by atoms with Gasteiger partial charge in [0, 0.05) is 24.7 Å². The normalized spacial score (nSPS) is 13.2. The fourth-order valence-electron chi connectivity index (χ4n) is 2.61. The molecule has 0 atom stereocenters. The predicted octanol–water partition coefficient (Wildman–Crippen LogP) is 3.45. The summed E-state index contributed by atoms with van der Waals surface area (Å²) in [5, 5.41) is 5.67. The van der Waals surface area contributed by atoms with Crippen molar-refractivity contribution in [3.63, 3.8) is 0 Å². The van der Waals surface area contributed by atoms with E-state index in [1.807, 2.05) is 24.3 Å². The van der Waals surface area contributed by atoms with Gasteiger partial charge in [-0.15, -0.1) is 0 Å². The summed E-state index contributed by atoms with van der Waals surface area (Å²) in [6, 6.07) is 13.7. The van der Waals surface area contributed by atoms with Crippen LogP contribution in [-0.4, -0.2) is 17.8 Å². The summed E-state index contributed by atoms with van der Waals surface area (Å²) in [5.41, 5.74) is 1.77. The molecule has 0 saturated heterocycles. The van der Waals surface area contributed by atoms with Gasteiger partial charge in [0.2, 0.25) is 5.91 Å². The molecule has 0 bridgehead atoms. The Bertz CT molecular complexity index is 916. The van der Waals surface area contributed by atoms with Crippen LogP contribution in [0.3, 0.4) is 0 Å². The lowest BCUT2D eigenvalue weighted by molar-refractivity contribution is -0.131. The number of hydrogen-bond acceptors (Lipinski definition) is 4. The summed E-state index contributed by atoms with van der Waals surface area (Å²) in [6.45, 7) is 1.61. The molecule has 1 saturated carbocycles. The quantitative estimate of drug-likeness (QED) is 0.439. The fraction of sp³-hybridized carbons (Fsp3) is 0.227. The van der Waals surface area contributed by atoms with Crippen LogP contribution in [0.25, 0.3) is 0 Å². The molecule has 0 aliphatic heterocycles. The number of ether oxygens (including phenoxy) is 1. The average molecular weight is 378 g/mol. The second-order valence-corrected chi connectivity index (χ2v) is 6.65. The number of amides is 2. The minimum atomic E-state index is -0.450. The van der Waals surface area contributed by atoms with Crippen molar-refractivity contribution < 1.29 is 19.1 Å². The third-order valence-electron chi connectivity index (χ3n) is 4.22. The smallest absolute Gasteiger partial charge is 0.308 e. The van der Waals surface area contributed by atoms with Crippen molar-refractivity contribution in [3.05, 3.63) is 71.8 Å². The topological polar surface area (TPSA) is 84.5 Å². The molecule has 144 valence electrons. The van der Waals surface area contributed by atoms with E-state index in [4.69, 9.17) is 4.74 Å². The summed E-state index contributed by atoms with van der Waals surface area (Å²) >= 11 is 0. The summed E-state index contributed by atoms with van der Waals surface area (Å²) < 4.78 is 5.02. The predicted molar refractivity (Wildman–Crippen MR) is 106 cm³/mol. The maximum absolute atomic E-state index is 12.6. The Balaban J connectivity index is 1.64. The zero-order valence-electron chi connectivity index (χ0n) is 15.6. The molecular formula is C22H22N2O4. The highest BCUT2D eigenvalue weighted by Crippen LogP contribution is 2.29. The average Bonchev–Trinajstić information content (AvgIpc) is 3.50. The van der Waals surface area contributed by atoms with Crippen LogP contribution >= 0.6 is 0 Å². The van der Waals surface area contributed by atoms with Gasteiger partial charge in [-0.1, -0.05) is 30.3 Å². The number of anilines is 1. The van der Waals surface area contributed by atoms with E-state index in [2.05, 4.69) is 10.6 Å². The third-order valence-corrected chi connectivity index (χ3v) is 4.22. The van der Waals surface area contributed by atoms with E-state index in [0.29, 0.717) is 29.5 Å². The molecule has 2 amide bonds. The molecule has 1 aliphatic carbocycles. The van der Waals surface area contributed by atoms with Crippen molar-refractivity contribution in [3.8, 4) is 5.75 Å². The van der Waals surface area contributed by atoms with Gasteiger partial charge in [0.1, 0.15) is 5.75 Å². The molecule has 0 aromatic heterocycles. The number of carbonyl (C=O) groups excluding carboxylic acids is 3. The molecular weight excluding hydrogens is 356 g/mol. The summed E-state index contributed by atoms with van der Waals surface area (Å²) in [7, 11) is 0. The maximum Gasteiger partial charge on any atom is 0.308 e. The number of nitrogens with one attached hydrogen (secondary N) is 2. The zero-order chi connectivity index (χ0) is 19.9. The first-order valence-corrected chi connectivity index (χ1v) is 9.15. The van der Waals surface area contributed by atoms with Crippen molar-refractivity contribution in [2.24, 2.45) is 5.92 Å². The molecule has 3 rings (SSSR count). The lowest BCUT2D eigenvalue weighted by Gasteiger charge is -2.12. The van der Waals surface area contributed by atoms with E-state index in [1.165, 1.54) is 13.0 Å². The Morgan fingerprint density at radius 1 is 1.11 bits per heavy atom. The second-order valence-electron chi connectivity index (χ2n) is 6.65. The molecule has 2 aromatic rings. The van der Waals surface area contributed by atoms with Gasteiger partial charge >= 0.3 is 5.97 Å². The van der Waals surface area contributed by atoms with E-state index in [0.717, 1.165) is 18.4 Å². The molecule has 2 aromatic carbocycles. The number of benzene rings is 2. The SMILES string of the molecule is CC(=O)Oc1cccc(C(=O)Nc2ccccc2CNC(=O)/C=C/C2CC2)c1. The minimum absolute atomic E-state index is 0.151. The molecule has 1 aliphatic rings. The Kier molecular flexibility index (Phi) is 6.22. The van der Waals surface area contributed by atoms with Crippen LogP contribution in [0, 0.1) is 5.92 Å². The maximum atomic E-state index is 12.6. The molecule has 6 heteroatoms. The second kappa shape index (κ2) is 8.99. The molecule has 28 heavy (non-hydrogen) atoms. The van der Waals surface area contributed by atoms with Gasteiger partial charge in [-0.3, -0.25) is 14.4 Å². The Morgan fingerprint density at radius 2 is 1.89 bits per heavy atom. The van der Waals surface area contributed by atoms with Crippen molar-refractivity contribution in [1.29, 1.82) is 0 Å². The van der Waals surface area contributed by atoms with Crippen LogP contribution in [0.4, 0.5) is 5.69 Å². The third kappa shape index (κ3) is 5.81. The van der Waals surface area contributed by atoms with Crippen molar-refractivity contribution in [1.82, 2.24) is 5.32 Å². The highest BCUT2D eigenvalue weighted by atomic mass is 16.5. The molecule has 6 nitrogen and oxygen atoms in total. The van der Waals surface area contributed by atoms with Crippen LogP contribution in [0.1, 0.15) is 35.7 Å². The first-order chi connectivity index (χ1) is 13.5. The number of esters is 1. The van der Waals surface area contributed by atoms with Crippen molar-refractivity contribution in [2.75, 3.05) is 5.32 Å². The van der Waals surface area contributed by atoms with E-state index < -0.39 is 5.97 Å². The monoisotopic (exact) mass is 378 g/mol. The highest BCUT2D eigenvalue weighted by molar-refractivity contribution is 6.05. The highest BCUT2D eigenvalue weighted by Gasteiger charge is 2.17. The number of para-hydroxylation sites is 1. The van der Waals surface area contributed by atoms with Gasteiger partial charge in [-0.25, -0.2) is 0 Å². The van der Waals surface area contributed by atoms with E-state index in [-0.39, 0.29) is 11.8 Å². The molecule has 0 radical (unpaired) electrons. The van der Waals surface area contributed by atoms with Crippen LogP contribution in [0.2, 0.25) is 0 Å². The van der Waals surface area contributed by atoms with E-state index in [9.17, 15) is 14.4 Å². The lowest BCUT2D eigenvalue weighted by Crippen LogP contribution is -2.22. The van der Waals surface area contributed by atoms with E-state index in [1.54, 1.807) is 30.3 Å². The van der Waals surface area contributed by atoms with Gasteiger partial charge < -0.3 is 15.4 Å². The van der Waals surface area contributed by atoms with Gasteiger partial charge in [-0.05, 0) is 54.7 Å². The number of carbonyl (C=O) groups is 3. The Hall–Kier alpha value is -3.41. The summed E-state index contributed by atoms with van der Waals surface area (Å²) in [4.78, 5) is 35.6. The van der Waals surface area contributed by atoms with Gasteiger partial charge in [-0.2, -0.15) is 0 Å². The lowest BCUT2D eigenvalue weighted by atomic mass is 10.1. The van der Waals surface area contributed by atoms with E-state index >= 15 is 0 Å². The van der Waals surface area contributed by atoms with Crippen LogP contribution in [0.15, 0.2) is 60.7 Å². The first kappa shape index (κ1) is 19.4. The summed E-state index contributed by atoms with van der Waals surface area (Å²) in [6.07, 6.45) is 5.80. The van der Waals surface area contributed by atoms with Crippen LogP contribution in [0.5, 0.6) is 5.75 Å². The molecule has 0 unspecified atom stereocenters. The van der Waals surface area contributed by atoms with Crippen molar-refractivity contribution in [2.45, 2.75) is 26.3 Å². The molecule has 0 spiro atoms. The Labute approximate surface area is 163 Å².